The van der Waals surface area contributed by atoms with Crippen LogP contribution in [0.5, 0.6) is 0 Å². The highest BCUT2D eigenvalue weighted by molar-refractivity contribution is 4.78. The molecular formula is C15H31N. The highest BCUT2D eigenvalue weighted by Crippen LogP contribution is 2.37. The lowest BCUT2D eigenvalue weighted by Crippen LogP contribution is -2.28. The molecular weight excluding hydrogens is 194 g/mol. The van der Waals surface area contributed by atoms with Gasteiger partial charge in [-0.05, 0) is 50.1 Å². The topological polar surface area (TPSA) is 12.0 Å². The average Bonchev–Trinajstić information content (AvgIpc) is 2.34. The van der Waals surface area contributed by atoms with Crippen molar-refractivity contribution >= 4 is 0 Å². The van der Waals surface area contributed by atoms with E-state index in [9.17, 15) is 0 Å². The van der Waals surface area contributed by atoms with Gasteiger partial charge in [-0.15, -0.1) is 0 Å². The summed E-state index contributed by atoms with van der Waals surface area (Å²) in [5.41, 5.74) is 0. The van der Waals surface area contributed by atoms with Crippen LogP contribution in [-0.4, -0.2) is 13.1 Å². The van der Waals surface area contributed by atoms with Crippen LogP contribution >= 0.6 is 0 Å². The molecule has 1 rings (SSSR count). The zero-order chi connectivity index (χ0) is 11.8. The smallest absolute Gasteiger partial charge is 0.00463 e. The van der Waals surface area contributed by atoms with E-state index in [1.165, 1.54) is 58.0 Å². The fraction of sp³-hybridized carbons (Fsp3) is 1.00. The van der Waals surface area contributed by atoms with Gasteiger partial charge in [-0.1, -0.05) is 46.5 Å². The van der Waals surface area contributed by atoms with Gasteiger partial charge in [0.15, 0.2) is 0 Å². The zero-order valence-corrected chi connectivity index (χ0v) is 11.6. The Labute approximate surface area is 102 Å². The Kier molecular flexibility index (Phi) is 7.11. The van der Waals surface area contributed by atoms with E-state index in [0.29, 0.717) is 0 Å². The molecule has 16 heavy (non-hydrogen) atoms. The van der Waals surface area contributed by atoms with Gasteiger partial charge in [0.2, 0.25) is 0 Å². The van der Waals surface area contributed by atoms with Gasteiger partial charge in [0.25, 0.3) is 0 Å². The number of hydrogen-bond acceptors (Lipinski definition) is 1. The lowest BCUT2D eigenvalue weighted by atomic mass is 9.71. The van der Waals surface area contributed by atoms with Crippen molar-refractivity contribution in [2.24, 2.45) is 17.8 Å². The molecule has 3 atom stereocenters. The molecule has 0 radical (unpaired) electrons. The van der Waals surface area contributed by atoms with Crippen LogP contribution in [0.25, 0.3) is 0 Å². The van der Waals surface area contributed by atoms with Crippen LogP contribution in [0.2, 0.25) is 0 Å². The Morgan fingerprint density at radius 3 is 2.56 bits per heavy atom. The number of hydrogen-bond donors (Lipinski definition) is 1. The van der Waals surface area contributed by atoms with E-state index in [-0.39, 0.29) is 0 Å². The van der Waals surface area contributed by atoms with E-state index in [0.717, 1.165) is 17.8 Å². The van der Waals surface area contributed by atoms with Crippen LogP contribution in [0, 0.1) is 17.8 Å². The summed E-state index contributed by atoms with van der Waals surface area (Å²) in [5, 5.41) is 3.54. The van der Waals surface area contributed by atoms with E-state index in [1.54, 1.807) is 0 Å². The summed E-state index contributed by atoms with van der Waals surface area (Å²) < 4.78 is 0. The van der Waals surface area contributed by atoms with Gasteiger partial charge >= 0.3 is 0 Å². The Balaban J connectivity index is 2.24. The molecule has 1 N–H and O–H groups in total. The monoisotopic (exact) mass is 225 g/mol. The third-order valence-corrected chi connectivity index (χ3v) is 4.43. The molecule has 1 fully saturated rings. The normalized spacial score (nSPS) is 27.9. The zero-order valence-electron chi connectivity index (χ0n) is 11.6. The summed E-state index contributed by atoms with van der Waals surface area (Å²) in [6.07, 6.45) is 9.99. The third kappa shape index (κ3) is 4.45. The van der Waals surface area contributed by atoms with Gasteiger partial charge in [-0.2, -0.15) is 0 Å². The van der Waals surface area contributed by atoms with Crippen LogP contribution < -0.4 is 5.32 Å². The second kappa shape index (κ2) is 8.11. The van der Waals surface area contributed by atoms with Gasteiger partial charge in [0.05, 0.1) is 0 Å². The molecule has 3 unspecified atom stereocenters. The quantitative estimate of drug-likeness (QED) is 0.639. The first-order valence-electron chi connectivity index (χ1n) is 7.50. The maximum absolute atomic E-state index is 3.54. The maximum atomic E-state index is 3.54. The highest BCUT2D eigenvalue weighted by Gasteiger charge is 2.27. The van der Waals surface area contributed by atoms with Gasteiger partial charge in [0, 0.05) is 0 Å². The molecule has 1 aliphatic carbocycles. The first-order valence-corrected chi connectivity index (χ1v) is 7.50. The minimum absolute atomic E-state index is 0.926. The fourth-order valence-electron chi connectivity index (χ4n) is 3.34. The van der Waals surface area contributed by atoms with Crippen molar-refractivity contribution in [3.05, 3.63) is 0 Å². The molecule has 0 spiro atoms. The predicted octanol–water partition coefficient (Wildman–Crippen LogP) is 4.23. The molecule has 1 saturated carbocycles. The van der Waals surface area contributed by atoms with Crippen LogP contribution in [0.3, 0.4) is 0 Å². The number of rotatable bonds is 7. The highest BCUT2D eigenvalue weighted by atomic mass is 14.8. The van der Waals surface area contributed by atoms with Crippen LogP contribution in [-0.2, 0) is 0 Å². The van der Waals surface area contributed by atoms with Crippen molar-refractivity contribution < 1.29 is 0 Å². The minimum atomic E-state index is 0.926. The minimum Gasteiger partial charge on any atom is -0.317 e. The third-order valence-electron chi connectivity index (χ3n) is 4.43. The van der Waals surface area contributed by atoms with E-state index < -0.39 is 0 Å². The lowest BCUT2D eigenvalue weighted by Gasteiger charge is -2.35. The van der Waals surface area contributed by atoms with Crippen LogP contribution in [0.15, 0.2) is 0 Å². The Morgan fingerprint density at radius 2 is 1.88 bits per heavy atom. The Bertz CT molecular complexity index is 167. The summed E-state index contributed by atoms with van der Waals surface area (Å²) in [6, 6.07) is 0. The number of nitrogens with one attached hydrogen (secondary N) is 1. The van der Waals surface area contributed by atoms with Gasteiger partial charge in [-0.3, -0.25) is 0 Å². The summed E-state index contributed by atoms with van der Waals surface area (Å²) in [5.74, 6) is 2.96. The Morgan fingerprint density at radius 1 is 1.12 bits per heavy atom. The van der Waals surface area contributed by atoms with E-state index in [4.69, 9.17) is 0 Å². The van der Waals surface area contributed by atoms with Crippen molar-refractivity contribution in [3.63, 3.8) is 0 Å². The summed E-state index contributed by atoms with van der Waals surface area (Å²) in [7, 11) is 0. The first-order chi connectivity index (χ1) is 7.79. The van der Waals surface area contributed by atoms with Gasteiger partial charge in [-0.25, -0.2) is 0 Å². The standard InChI is InChI=1S/C15H31N/c1-4-11-16-12-10-13(3)15-9-7-6-8-14(15)5-2/h13-16H,4-12H2,1-3H3. The van der Waals surface area contributed by atoms with Crippen molar-refractivity contribution in [2.75, 3.05) is 13.1 Å². The summed E-state index contributed by atoms with van der Waals surface area (Å²) in [6.45, 7) is 9.51. The maximum Gasteiger partial charge on any atom is -0.00463 e. The van der Waals surface area contributed by atoms with Crippen molar-refractivity contribution in [3.8, 4) is 0 Å². The SMILES string of the molecule is CCCNCCC(C)C1CCCCC1CC. The molecule has 0 aliphatic heterocycles. The molecule has 0 aromatic carbocycles. The van der Waals surface area contributed by atoms with Gasteiger partial charge < -0.3 is 5.32 Å². The molecule has 1 nitrogen and oxygen atoms in total. The lowest BCUT2D eigenvalue weighted by molar-refractivity contribution is 0.159. The molecule has 0 aromatic rings. The molecule has 0 heterocycles. The van der Waals surface area contributed by atoms with Crippen LogP contribution in [0.1, 0.15) is 65.7 Å². The summed E-state index contributed by atoms with van der Waals surface area (Å²) in [4.78, 5) is 0. The molecule has 0 bridgehead atoms. The fourth-order valence-corrected chi connectivity index (χ4v) is 3.34. The molecule has 96 valence electrons. The predicted molar refractivity (Wildman–Crippen MR) is 72.7 cm³/mol. The van der Waals surface area contributed by atoms with Crippen molar-refractivity contribution in [1.29, 1.82) is 0 Å². The van der Waals surface area contributed by atoms with E-state index in [2.05, 4.69) is 26.1 Å². The first kappa shape index (κ1) is 14.0. The van der Waals surface area contributed by atoms with Crippen molar-refractivity contribution in [2.45, 2.75) is 65.7 Å². The largest absolute Gasteiger partial charge is 0.317 e. The molecule has 0 aromatic heterocycles. The second-order valence-electron chi connectivity index (χ2n) is 5.63. The molecule has 1 heteroatoms. The Hall–Kier alpha value is -0.0400. The second-order valence-corrected chi connectivity index (χ2v) is 5.63. The molecule has 1 aliphatic rings. The van der Waals surface area contributed by atoms with Crippen LogP contribution in [0.4, 0.5) is 0 Å². The molecule has 0 amide bonds. The van der Waals surface area contributed by atoms with Crippen molar-refractivity contribution in [1.82, 2.24) is 5.32 Å². The van der Waals surface area contributed by atoms with E-state index >= 15 is 0 Å². The molecule has 0 saturated heterocycles. The summed E-state index contributed by atoms with van der Waals surface area (Å²) >= 11 is 0. The average molecular weight is 225 g/mol. The van der Waals surface area contributed by atoms with E-state index in [1.807, 2.05) is 0 Å². The van der Waals surface area contributed by atoms with Gasteiger partial charge in [0.1, 0.15) is 0 Å².